The van der Waals surface area contributed by atoms with Crippen LogP contribution in [-0.4, -0.2) is 67.7 Å². The lowest BCUT2D eigenvalue weighted by atomic mass is 10.1. The second-order valence-corrected chi connectivity index (χ2v) is 11.8. The number of amides is 1. The summed E-state index contributed by atoms with van der Waals surface area (Å²) >= 11 is 3.34. The molecule has 190 valence electrons. The number of nitrogens with zero attached hydrogens (tertiary/aromatic N) is 3. The van der Waals surface area contributed by atoms with Crippen LogP contribution in [0.4, 0.5) is 4.39 Å². The third-order valence-electron chi connectivity index (χ3n) is 6.34. The van der Waals surface area contributed by atoms with Gasteiger partial charge in [0.15, 0.2) is 0 Å². The number of sulfonamides is 1. The van der Waals surface area contributed by atoms with Gasteiger partial charge in [0, 0.05) is 55.8 Å². The normalized spacial score (nSPS) is 15.1. The molecule has 6 nitrogen and oxygen atoms in total. The van der Waals surface area contributed by atoms with Crippen LogP contribution in [0.3, 0.4) is 0 Å². The zero-order valence-corrected chi connectivity index (χ0v) is 22.5. The van der Waals surface area contributed by atoms with Gasteiger partial charge in [-0.05, 0) is 61.0 Å². The Labute approximate surface area is 220 Å². The van der Waals surface area contributed by atoms with Crippen LogP contribution in [-0.2, 0) is 16.6 Å². The third-order valence-corrected chi connectivity index (χ3v) is 8.78. The Bertz CT molecular complexity index is 1280. The highest BCUT2D eigenvalue weighted by molar-refractivity contribution is 9.10. The van der Waals surface area contributed by atoms with Crippen molar-refractivity contribution in [3.05, 3.63) is 99.8 Å². The fourth-order valence-electron chi connectivity index (χ4n) is 4.15. The maximum atomic E-state index is 13.4. The van der Waals surface area contributed by atoms with Crippen molar-refractivity contribution in [2.24, 2.45) is 0 Å². The van der Waals surface area contributed by atoms with Crippen LogP contribution >= 0.6 is 15.9 Å². The van der Waals surface area contributed by atoms with E-state index in [4.69, 9.17) is 0 Å². The average Bonchev–Trinajstić information content (AvgIpc) is 2.88. The molecule has 1 aliphatic rings. The highest BCUT2D eigenvalue weighted by Gasteiger charge is 2.29. The van der Waals surface area contributed by atoms with Crippen molar-refractivity contribution in [3.63, 3.8) is 0 Å². The summed E-state index contributed by atoms with van der Waals surface area (Å²) in [6, 6.07) is 20.3. The van der Waals surface area contributed by atoms with E-state index in [0.29, 0.717) is 51.4 Å². The van der Waals surface area contributed by atoms with E-state index in [1.54, 1.807) is 41.3 Å². The van der Waals surface area contributed by atoms with Gasteiger partial charge in [0.05, 0.1) is 4.90 Å². The molecule has 1 fully saturated rings. The molecule has 36 heavy (non-hydrogen) atoms. The third kappa shape index (κ3) is 6.59. The van der Waals surface area contributed by atoms with Gasteiger partial charge < -0.3 is 4.90 Å². The highest BCUT2D eigenvalue weighted by Crippen LogP contribution is 2.20. The molecular weight excluding hydrogens is 545 g/mol. The van der Waals surface area contributed by atoms with Gasteiger partial charge in [-0.2, -0.15) is 4.31 Å². The van der Waals surface area contributed by atoms with E-state index in [2.05, 4.69) is 20.8 Å². The Morgan fingerprint density at radius 1 is 0.917 bits per heavy atom. The highest BCUT2D eigenvalue weighted by atomic mass is 79.9. The average molecular weight is 575 g/mol. The second-order valence-electron chi connectivity index (χ2n) is 8.92. The monoisotopic (exact) mass is 573 g/mol. The Hall–Kier alpha value is -2.59. The fourth-order valence-corrected chi connectivity index (χ4v) is 5.84. The summed E-state index contributed by atoms with van der Waals surface area (Å²) in [5.41, 5.74) is 2.53. The van der Waals surface area contributed by atoms with Crippen molar-refractivity contribution >= 4 is 31.9 Å². The lowest BCUT2D eigenvalue weighted by Gasteiger charge is -2.35. The maximum Gasteiger partial charge on any atom is 0.254 e. The number of aryl methyl sites for hydroxylation is 1. The molecule has 4 rings (SSSR count). The van der Waals surface area contributed by atoms with Gasteiger partial charge in [-0.25, -0.2) is 12.8 Å². The smallest absolute Gasteiger partial charge is 0.254 e. The lowest BCUT2D eigenvalue weighted by Crippen LogP contribution is -2.50. The van der Waals surface area contributed by atoms with E-state index in [1.807, 2.05) is 31.2 Å². The molecule has 3 aromatic rings. The SMILES string of the molecule is Cc1ccc(C(=O)N(CCN2CCN(S(=O)(=O)c3ccc(Br)cc3)CC2)Cc2ccc(F)cc2)cc1. The summed E-state index contributed by atoms with van der Waals surface area (Å²) in [6.07, 6.45) is 0. The first-order valence-corrected chi connectivity index (χ1v) is 14.0. The van der Waals surface area contributed by atoms with Crippen LogP contribution in [0.15, 0.2) is 82.2 Å². The molecule has 0 N–H and O–H groups in total. The fraction of sp³-hybridized carbons (Fsp3) is 0.296. The number of piperazine rings is 1. The first-order valence-electron chi connectivity index (χ1n) is 11.8. The zero-order valence-electron chi connectivity index (χ0n) is 20.1. The molecule has 3 aromatic carbocycles. The summed E-state index contributed by atoms with van der Waals surface area (Å²) < 4.78 is 41.7. The predicted molar refractivity (Wildman–Crippen MR) is 142 cm³/mol. The van der Waals surface area contributed by atoms with E-state index in [-0.39, 0.29) is 16.6 Å². The van der Waals surface area contributed by atoms with Crippen LogP contribution in [0.2, 0.25) is 0 Å². The van der Waals surface area contributed by atoms with E-state index < -0.39 is 10.0 Å². The van der Waals surface area contributed by atoms with Gasteiger partial charge in [-0.15, -0.1) is 0 Å². The quantitative estimate of drug-likeness (QED) is 0.397. The van der Waals surface area contributed by atoms with Crippen LogP contribution in [0.5, 0.6) is 0 Å². The van der Waals surface area contributed by atoms with Crippen LogP contribution in [0.25, 0.3) is 0 Å². The minimum Gasteiger partial charge on any atom is -0.333 e. The number of halogens is 2. The number of carbonyl (C=O) groups excluding carboxylic acids is 1. The maximum absolute atomic E-state index is 13.4. The van der Waals surface area contributed by atoms with Crippen molar-refractivity contribution < 1.29 is 17.6 Å². The molecule has 0 aromatic heterocycles. The summed E-state index contributed by atoms with van der Waals surface area (Å²) in [5, 5.41) is 0. The Kier molecular flexibility index (Phi) is 8.56. The number of hydrogen-bond acceptors (Lipinski definition) is 4. The Morgan fingerprint density at radius 2 is 1.53 bits per heavy atom. The number of benzene rings is 3. The summed E-state index contributed by atoms with van der Waals surface area (Å²) in [7, 11) is -3.54. The summed E-state index contributed by atoms with van der Waals surface area (Å²) in [4.78, 5) is 17.5. The van der Waals surface area contributed by atoms with Gasteiger partial charge in [-0.3, -0.25) is 9.69 Å². The number of carbonyl (C=O) groups is 1. The van der Waals surface area contributed by atoms with Gasteiger partial charge in [0.1, 0.15) is 5.82 Å². The zero-order chi connectivity index (χ0) is 25.7. The van der Waals surface area contributed by atoms with Crippen molar-refractivity contribution in [1.29, 1.82) is 0 Å². The molecule has 0 atom stereocenters. The molecule has 0 aliphatic carbocycles. The predicted octanol–water partition coefficient (Wildman–Crippen LogP) is 4.55. The molecule has 0 unspecified atom stereocenters. The summed E-state index contributed by atoms with van der Waals surface area (Å²) in [5.74, 6) is -0.401. The van der Waals surface area contributed by atoms with E-state index >= 15 is 0 Å². The van der Waals surface area contributed by atoms with Crippen LogP contribution in [0.1, 0.15) is 21.5 Å². The van der Waals surface area contributed by atoms with E-state index in [9.17, 15) is 17.6 Å². The molecule has 0 saturated carbocycles. The molecular formula is C27H29BrFN3O3S. The molecule has 1 amide bonds. The van der Waals surface area contributed by atoms with Crippen LogP contribution in [0, 0.1) is 12.7 Å². The van der Waals surface area contributed by atoms with Gasteiger partial charge >= 0.3 is 0 Å². The molecule has 9 heteroatoms. The Morgan fingerprint density at radius 3 is 2.14 bits per heavy atom. The molecule has 1 saturated heterocycles. The molecule has 1 aliphatic heterocycles. The molecule has 1 heterocycles. The minimum atomic E-state index is -3.54. The van der Waals surface area contributed by atoms with E-state index in [1.165, 1.54) is 16.4 Å². The lowest BCUT2D eigenvalue weighted by molar-refractivity contribution is 0.0710. The molecule has 0 radical (unpaired) electrons. The number of hydrogen-bond donors (Lipinski definition) is 0. The summed E-state index contributed by atoms with van der Waals surface area (Å²) in [6.45, 7) is 5.38. The minimum absolute atomic E-state index is 0.0872. The standard InChI is InChI=1S/C27H29BrFN3O3S/c1-21-2-6-23(7-3-21)27(33)31(20-22-4-10-25(29)11-5-22)17-14-30-15-18-32(19-16-30)36(34,35)26-12-8-24(28)9-13-26/h2-13H,14-20H2,1H3. The van der Waals surface area contributed by atoms with Crippen molar-refractivity contribution in [2.75, 3.05) is 39.3 Å². The largest absolute Gasteiger partial charge is 0.333 e. The Balaban J connectivity index is 1.39. The van der Waals surface area contributed by atoms with E-state index in [0.717, 1.165) is 15.6 Å². The second kappa shape index (κ2) is 11.6. The van der Waals surface area contributed by atoms with Gasteiger partial charge in [0.25, 0.3) is 5.91 Å². The topological polar surface area (TPSA) is 60.9 Å². The van der Waals surface area contributed by atoms with Crippen molar-refractivity contribution in [2.45, 2.75) is 18.4 Å². The first kappa shape index (κ1) is 26.5. The first-order chi connectivity index (χ1) is 17.2. The number of rotatable bonds is 8. The van der Waals surface area contributed by atoms with Crippen LogP contribution < -0.4 is 0 Å². The van der Waals surface area contributed by atoms with Gasteiger partial charge in [-0.1, -0.05) is 45.8 Å². The molecule has 0 bridgehead atoms. The molecule has 0 spiro atoms. The van der Waals surface area contributed by atoms with Crippen molar-refractivity contribution in [3.8, 4) is 0 Å². The van der Waals surface area contributed by atoms with Crippen molar-refractivity contribution in [1.82, 2.24) is 14.1 Å². The van der Waals surface area contributed by atoms with Gasteiger partial charge in [0.2, 0.25) is 10.0 Å².